The van der Waals surface area contributed by atoms with Gasteiger partial charge >= 0.3 is 5.97 Å². The quantitative estimate of drug-likeness (QED) is 0.848. The predicted molar refractivity (Wildman–Crippen MR) is 65.6 cm³/mol. The van der Waals surface area contributed by atoms with Crippen LogP contribution >= 0.6 is 0 Å². The Balaban J connectivity index is 2.23. The average molecular weight is 305 g/mol. The van der Waals surface area contributed by atoms with Crippen molar-refractivity contribution >= 4 is 16.0 Å². The number of carbonyl (C=O) groups excluding carboxylic acids is 1. The van der Waals surface area contributed by atoms with Gasteiger partial charge in [-0.25, -0.2) is 22.3 Å². The van der Waals surface area contributed by atoms with Crippen LogP contribution in [0.5, 0.6) is 0 Å². The van der Waals surface area contributed by atoms with E-state index < -0.39 is 33.8 Å². The summed E-state index contributed by atoms with van der Waals surface area (Å²) in [6.07, 6.45) is 0. The van der Waals surface area contributed by atoms with Crippen LogP contribution < -0.4 is 5.14 Å². The van der Waals surface area contributed by atoms with E-state index in [-0.39, 0.29) is 17.1 Å². The van der Waals surface area contributed by atoms with Gasteiger partial charge in [0.15, 0.2) is 0 Å². The molecule has 0 unspecified atom stereocenters. The third-order valence-corrected chi connectivity index (χ3v) is 4.09. The summed E-state index contributed by atoms with van der Waals surface area (Å²) in [5, 5.41) is 4.92. The van der Waals surface area contributed by atoms with Gasteiger partial charge in [0.25, 0.3) is 5.92 Å². The maximum Gasteiger partial charge on any atom is 0.315 e. The largest absolute Gasteiger partial charge is 0.466 e. The number of primary sulfonamides is 1. The summed E-state index contributed by atoms with van der Waals surface area (Å²) in [6, 6.07) is 4.75. The minimum absolute atomic E-state index is 0.0302. The average Bonchev–Trinajstić information content (AvgIpc) is 2.92. The van der Waals surface area contributed by atoms with Crippen LogP contribution in [0.1, 0.15) is 18.4 Å². The number of ether oxygens (including phenoxy) is 1. The van der Waals surface area contributed by atoms with Crippen LogP contribution in [0.2, 0.25) is 0 Å². The minimum atomic E-state index is -3.87. The lowest BCUT2D eigenvalue weighted by Crippen LogP contribution is -2.12. The van der Waals surface area contributed by atoms with E-state index in [0.29, 0.717) is 0 Å². The zero-order valence-electron chi connectivity index (χ0n) is 10.5. The van der Waals surface area contributed by atoms with Crippen molar-refractivity contribution in [3.05, 3.63) is 29.8 Å². The predicted octanol–water partition coefficient (Wildman–Crippen LogP) is 1.25. The van der Waals surface area contributed by atoms with Gasteiger partial charge in [-0.2, -0.15) is 0 Å². The highest BCUT2D eigenvalue weighted by molar-refractivity contribution is 7.89. The van der Waals surface area contributed by atoms with Crippen LogP contribution in [0, 0.1) is 5.92 Å². The molecule has 1 saturated carbocycles. The fourth-order valence-corrected chi connectivity index (χ4v) is 2.65. The van der Waals surface area contributed by atoms with Gasteiger partial charge in [0.1, 0.15) is 5.92 Å². The van der Waals surface area contributed by atoms with Crippen molar-refractivity contribution in [2.45, 2.75) is 23.7 Å². The molecule has 2 atom stereocenters. The van der Waals surface area contributed by atoms with Gasteiger partial charge in [-0.3, -0.25) is 4.79 Å². The number of carbonyl (C=O) groups is 1. The maximum atomic E-state index is 13.6. The number of hydrogen-bond donors (Lipinski definition) is 1. The van der Waals surface area contributed by atoms with E-state index in [1.807, 2.05) is 0 Å². The van der Waals surface area contributed by atoms with Crippen molar-refractivity contribution in [3.8, 4) is 0 Å². The van der Waals surface area contributed by atoms with Crippen molar-refractivity contribution in [2.75, 3.05) is 6.61 Å². The molecule has 0 radical (unpaired) electrons. The molecule has 1 fully saturated rings. The fraction of sp³-hybridized carbons (Fsp3) is 0.417. The van der Waals surface area contributed by atoms with Crippen molar-refractivity contribution in [2.24, 2.45) is 11.1 Å². The van der Waals surface area contributed by atoms with Gasteiger partial charge in [-0.05, 0) is 24.6 Å². The van der Waals surface area contributed by atoms with Crippen molar-refractivity contribution < 1.29 is 26.7 Å². The van der Waals surface area contributed by atoms with Crippen LogP contribution in [0.25, 0.3) is 0 Å². The van der Waals surface area contributed by atoms with Crippen LogP contribution in [0.4, 0.5) is 8.78 Å². The fourth-order valence-electron chi connectivity index (χ4n) is 2.13. The van der Waals surface area contributed by atoms with Gasteiger partial charge < -0.3 is 4.74 Å². The molecule has 1 aliphatic rings. The third kappa shape index (κ3) is 2.53. The summed E-state index contributed by atoms with van der Waals surface area (Å²) in [6.45, 7) is 1.57. The van der Waals surface area contributed by atoms with Crippen LogP contribution in [-0.4, -0.2) is 26.9 Å². The molecule has 20 heavy (non-hydrogen) atoms. The third-order valence-electron chi connectivity index (χ3n) is 3.16. The molecule has 0 bridgehead atoms. The molecule has 0 amide bonds. The summed E-state index contributed by atoms with van der Waals surface area (Å²) in [4.78, 5) is 11.2. The van der Waals surface area contributed by atoms with E-state index >= 15 is 0 Å². The van der Waals surface area contributed by atoms with E-state index in [1.54, 1.807) is 0 Å². The number of hydrogen-bond acceptors (Lipinski definition) is 4. The van der Waals surface area contributed by atoms with Crippen molar-refractivity contribution in [1.29, 1.82) is 0 Å². The van der Waals surface area contributed by atoms with Gasteiger partial charge in [-0.1, -0.05) is 12.1 Å². The maximum absolute atomic E-state index is 13.6. The summed E-state index contributed by atoms with van der Waals surface area (Å²) >= 11 is 0. The molecule has 0 spiro atoms. The molecule has 0 saturated heterocycles. The summed E-state index contributed by atoms with van der Waals surface area (Å²) in [7, 11) is -3.87. The van der Waals surface area contributed by atoms with Crippen molar-refractivity contribution in [1.82, 2.24) is 0 Å². The highest BCUT2D eigenvalue weighted by Gasteiger charge is 2.73. The number of sulfonamides is 1. The number of esters is 1. The topological polar surface area (TPSA) is 86.5 Å². The number of halogens is 2. The Kier molecular flexibility index (Phi) is 3.55. The molecule has 0 aromatic heterocycles. The number of rotatable bonds is 4. The monoisotopic (exact) mass is 305 g/mol. The van der Waals surface area contributed by atoms with Gasteiger partial charge in [0.2, 0.25) is 10.0 Å². The van der Waals surface area contributed by atoms with E-state index in [4.69, 9.17) is 5.14 Å². The SMILES string of the molecule is CCOC(=O)[C@@H]1[C@@H](c2ccc(S(N)(=O)=O)cc2)C1(F)F. The normalized spacial score (nSPS) is 24.2. The number of alkyl halides is 2. The molecule has 0 aliphatic heterocycles. The Morgan fingerprint density at radius 3 is 2.35 bits per heavy atom. The summed E-state index contributed by atoms with van der Waals surface area (Å²) in [5.41, 5.74) is 0.181. The van der Waals surface area contributed by atoms with Crippen LogP contribution in [0.15, 0.2) is 29.2 Å². The second-order valence-corrected chi connectivity index (χ2v) is 6.06. The highest BCUT2D eigenvalue weighted by atomic mass is 32.2. The van der Waals surface area contributed by atoms with E-state index in [1.165, 1.54) is 19.1 Å². The molecule has 8 heteroatoms. The number of benzene rings is 1. The summed E-state index contributed by atoms with van der Waals surface area (Å²) < 4.78 is 54.0. The van der Waals surface area contributed by atoms with Crippen LogP contribution in [0.3, 0.4) is 0 Å². The summed E-state index contributed by atoms with van der Waals surface area (Å²) in [5.74, 6) is -6.91. The lowest BCUT2D eigenvalue weighted by atomic mass is 10.1. The highest BCUT2D eigenvalue weighted by Crippen LogP contribution is 2.62. The minimum Gasteiger partial charge on any atom is -0.466 e. The first-order valence-corrected chi connectivity index (χ1v) is 7.41. The lowest BCUT2D eigenvalue weighted by molar-refractivity contribution is -0.147. The second-order valence-electron chi connectivity index (χ2n) is 4.50. The first-order chi connectivity index (χ1) is 9.19. The van der Waals surface area contributed by atoms with E-state index in [2.05, 4.69) is 4.74 Å². The first kappa shape index (κ1) is 14.9. The van der Waals surface area contributed by atoms with E-state index in [0.717, 1.165) is 12.1 Å². The molecule has 2 rings (SSSR count). The molecule has 2 N–H and O–H groups in total. The molecule has 1 aromatic carbocycles. The van der Waals surface area contributed by atoms with Crippen molar-refractivity contribution in [3.63, 3.8) is 0 Å². The molecule has 110 valence electrons. The lowest BCUT2D eigenvalue weighted by Gasteiger charge is -2.01. The first-order valence-electron chi connectivity index (χ1n) is 5.86. The molecular weight excluding hydrogens is 292 g/mol. The standard InChI is InChI=1S/C12H13F2NO4S/c1-2-19-11(16)10-9(12(10,13)14)7-3-5-8(6-4-7)20(15,17)18/h3-6,9-10H,2H2,1H3,(H2,15,17,18)/t9-,10+/m1/s1. The van der Waals surface area contributed by atoms with Gasteiger partial charge in [-0.15, -0.1) is 0 Å². The van der Waals surface area contributed by atoms with Crippen LogP contribution in [-0.2, 0) is 19.6 Å². The molecule has 5 nitrogen and oxygen atoms in total. The zero-order chi connectivity index (χ0) is 15.1. The van der Waals surface area contributed by atoms with E-state index in [9.17, 15) is 22.0 Å². The second kappa shape index (κ2) is 4.78. The Hall–Kier alpha value is -1.54. The molecule has 1 aromatic rings. The Morgan fingerprint density at radius 2 is 1.90 bits per heavy atom. The Labute approximate surface area is 114 Å². The molecular formula is C12H13F2NO4S. The molecule has 0 heterocycles. The smallest absolute Gasteiger partial charge is 0.315 e. The Morgan fingerprint density at radius 1 is 1.35 bits per heavy atom. The molecule has 1 aliphatic carbocycles. The Bertz CT molecular complexity index is 627. The van der Waals surface area contributed by atoms with Gasteiger partial charge in [0.05, 0.1) is 17.4 Å². The van der Waals surface area contributed by atoms with Gasteiger partial charge in [0, 0.05) is 0 Å². The number of nitrogens with two attached hydrogens (primary N) is 1. The zero-order valence-corrected chi connectivity index (χ0v) is 11.4.